The zero-order valence-corrected chi connectivity index (χ0v) is 23.8. The normalized spacial score (nSPS) is 23.5. The molecule has 0 aromatic heterocycles. The molecule has 1 saturated heterocycles. The minimum atomic E-state index is -5.19. The zero-order chi connectivity index (χ0) is 26.1. The molecule has 0 spiro atoms. The summed E-state index contributed by atoms with van der Waals surface area (Å²) in [6.45, 7) is 0.287. The van der Waals surface area contributed by atoms with Crippen LogP contribution in [0.3, 0.4) is 0 Å². The van der Waals surface area contributed by atoms with E-state index in [1.54, 1.807) is 0 Å². The fraction of sp³-hybridized carbons (Fsp3) is 0.333. The number of rotatable bonds is 12. The first-order valence-corrected chi connectivity index (χ1v) is 13.1. The van der Waals surface area contributed by atoms with E-state index in [9.17, 15) is 18.1 Å². The first-order chi connectivity index (χ1) is 17.9. The van der Waals surface area contributed by atoms with Gasteiger partial charge in [-0.3, -0.25) is 4.18 Å². The molecule has 1 aliphatic rings. The minimum absolute atomic E-state index is 0. The molecule has 38 heavy (non-hydrogen) atoms. The Labute approximate surface area is 244 Å². The van der Waals surface area contributed by atoms with Crippen molar-refractivity contribution in [3.05, 3.63) is 108 Å². The van der Waals surface area contributed by atoms with Crippen LogP contribution in [0.4, 0.5) is 0 Å². The third kappa shape index (κ3) is 9.51. The van der Waals surface area contributed by atoms with E-state index in [0.29, 0.717) is 0 Å². The van der Waals surface area contributed by atoms with Crippen LogP contribution in [0.2, 0.25) is 0 Å². The quantitative estimate of drug-likeness (QED) is 0.187. The number of aliphatic hydroxyl groups excluding tert-OH is 1. The largest absolute Gasteiger partial charge is 1.00 e. The number of hydrogen-bond donors (Lipinski definition) is 1. The molecule has 0 aliphatic carbocycles. The van der Waals surface area contributed by atoms with Crippen LogP contribution >= 0.6 is 0 Å². The van der Waals surface area contributed by atoms with Gasteiger partial charge in [-0.25, -0.2) is 8.42 Å². The molecule has 198 valence electrons. The topological polar surface area (TPSA) is 124 Å². The smallest absolute Gasteiger partial charge is 0.726 e. The molecule has 0 unspecified atom stereocenters. The molecular weight excluding hydrogens is 523 g/mol. The van der Waals surface area contributed by atoms with Gasteiger partial charge >= 0.3 is 29.6 Å². The summed E-state index contributed by atoms with van der Waals surface area (Å²) in [6, 6.07) is 27.8. The Morgan fingerprint density at radius 2 is 1.21 bits per heavy atom. The maximum atomic E-state index is 11.6. The first-order valence-electron chi connectivity index (χ1n) is 11.8. The van der Waals surface area contributed by atoms with E-state index >= 15 is 0 Å². The van der Waals surface area contributed by atoms with Crippen molar-refractivity contribution in [1.82, 2.24) is 0 Å². The second kappa shape index (κ2) is 15.2. The molecule has 1 fully saturated rings. The first kappa shape index (κ1) is 30.9. The molecule has 1 heterocycles. The Balaban J connectivity index is 0.00000400. The molecule has 5 atom stereocenters. The van der Waals surface area contributed by atoms with E-state index in [1.165, 1.54) is 0 Å². The van der Waals surface area contributed by atoms with Gasteiger partial charge in [0.25, 0.3) is 0 Å². The summed E-state index contributed by atoms with van der Waals surface area (Å²) in [5.74, 6) is 0. The SMILES string of the molecule is O=S(=O)([O-])O[C@H]1[C@@H](O)[C@@H](COCc2ccccc2)O[C@@H](OCc2ccccc2)[C@@H]1OCc1ccccc1.[Na+]. The van der Waals surface area contributed by atoms with Crippen molar-refractivity contribution in [2.24, 2.45) is 0 Å². The molecule has 11 heteroatoms. The fourth-order valence-corrected chi connectivity index (χ4v) is 4.47. The number of ether oxygens (including phenoxy) is 4. The van der Waals surface area contributed by atoms with E-state index < -0.39 is 41.1 Å². The van der Waals surface area contributed by atoms with Crippen LogP contribution in [0.25, 0.3) is 0 Å². The predicted molar refractivity (Wildman–Crippen MR) is 132 cm³/mol. The standard InChI is InChI=1S/C27H30O9S.Na/c28-24-23(19-32-16-20-10-4-1-5-11-20)35-27(34-18-22-14-8-3-9-15-22)26(25(24)36-37(29,30)31)33-17-21-12-6-2-7-13-21;/h1-15,23-28H,16-19H2,(H,29,30,31);/q;+1/p-1/t23-,24+,25+,26-,27-;/m1./s1. The second-order valence-corrected chi connectivity index (χ2v) is 9.57. The van der Waals surface area contributed by atoms with Crippen molar-refractivity contribution in [1.29, 1.82) is 0 Å². The summed E-state index contributed by atoms with van der Waals surface area (Å²) in [5, 5.41) is 11.0. The Morgan fingerprint density at radius 1 is 0.737 bits per heavy atom. The monoisotopic (exact) mass is 552 g/mol. The van der Waals surface area contributed by atoms with Gasteiger partial charge in [-0.05, 0) is 16.7 Å². The van der Waals surface area contributed by atoms with Crippen LogP contribution in [0.1, 0.15) is 16.7 Å². The van der Waals surface area contributed by atoms with Crippen LogP contribution in [-0.4, -0.2) is 55.4 Å². The molecule has 1 N–H and O–H groups in total. The van der Waals surface area contributed by atoms with Gasteiger partial charge in [0.05, 0.1) is 26.4 Å². The van der Waals surface area contributed by atoms with Gasteiger partial charge in [-0.2, -0.15) is 0 Å². The van der Waals surface area contributed by atoms with Crippen molar-refractivity contribution in [3.63, 3.8) is 0 Å². The van der Waals surface area contributed by atoms with Gasteiger partial charge in [0.15, 0.2) is 6.29 Å². The maximum Gasteiger partial charge on any atom is 1.00 e. The summed E-state index contributed by atoms with van der Waals surface area (Å²) >= 11 is 0. The van der Waals surface area contributed by atoms with E-state index in [1.807, 2.05) is 91.0 Å². The van der Waals surface area contributed by atoms with Gasteiger partial charge in [-0.15, -0.1) is 0 Å². The van der Waals surface area contributed by atoms with Crippen LogP contribution in [0.5, 0.6) is 0 Å². The third-order valence-corrected chi connectivity index (χ3v) is 6.24. The predicted octanol–water partition coefficient (Wildman–Crippen LogP) is -0.0594. The summed E-state index contributed by atoms with van der Waals surface area (Å²) in [4.78, 5) is 0. The Hall–Kier alpha value is -1.67. The van der Waals surface area contributed by atoms with Gasteiger partial charge in [0.2, 0.25) is 10.4 Å². The van der Waals surface area contributed by atoms with E-state index in [-0.39, 0.29) is 56.0 Å². The molecular formula is C27H29NaO9S. The summed E-state index contributed by atoms with van der Waals surface area (Å²) < 4.78 is 63.2. The average molecular weight is 553 g/mol. The third-order valence-electron chi connectivity index (χ3n) is 5.78. The van der Waals surface area contributed by atoms with Crippen LogP contribution in [0, 0.1) is 0 Å². The molecule has 1 aliphatic heterocycles. The summed E-state index contributed by atoms with van der Waals surface area (Å²) in [5.41, 5.74) is 2.53. The van der Waals surface area contributed by atoms with Crippen molar-refractivity contribution in [3.8, 4) is 0 Å². The Kier molecular flexibility index (Phi) is 12.4. The summed E-state index contributed by atoms with van der Waals surface area (Å²) in [6.07, 6.45) is -6.56. The second-order valence-electron chi connectivity index (χ2n) is 8.56. The van der Waals surface area contributed by atoms with E-state index in [4.69, 9.17) is 23.1 Å². The van der Waals surface area contributed by atoms with Crippen LogP contribution in [0.15, 0.2) is 91.0 Å². The van der Waals surface area contributed by atoms with E-state index in [0.717, 1.165) is 16.7 Å². The van der Waals surface area contributed by atoms with Gasteiger partial charge in [-0.1, -0.05) is 91.0 Å². The van der Waals surface area contributed by atoms with Crippen molar-refractivity contribution >= 4 is 10.4 Å². The molecule has 0 radical (unpaired) electrons. The fourth-order valence-electron chi connectivity index (χ4n) is 3.97. The van der Waals surface area contributed by atoms with Crippen molar-refractivity contribution in [2.45, 2.75) is 50.5 Å². The van der Waals surface area contributed by atoms with Crippen LogP contribution < -0.4 is 29.6 Å². The van der Waals surface area contributed by atoms with E-state index in [2.05, 4.69) is 0 Å². The maximum absolute atomic E-state index is 11.6. The number of benzene rings is 3. The van der Waals surface area contributed by atoms with Gasteiger partial charge in [0, 0.05) is 0 Å². The molecule has 0 amide bonds. The van der Waals surface area contributed by atoms with Crippen molar-refractivity contribution < 1.29 is 70.8 Å². The van der Waals surface area contributed by atoms with Gasteiger partial charge in [0.1, 0.15) is 24.4 Å². The summed E-state index contributed by atoms with van der Waals surface area (Å²) in [7, 11) is -5.19. The van der Waals surface area contributed by atoms with Crippen molar-refractivity contribution in [2.75, 3.05) is 6.61 Å². The molecule has 3 aromatic rings. The van der Waals surface area contributed by atoms with Gasteiger partial charge < -0.3 is 28.6 Å². The van der Waals surface area contributed by atoms with Crippen LogP contribution in [-0.2, 0) is 53.4 Å². The molecule has 3 aromatic carbocycles. The number of hydrogen-bond acceptors (Lipinski definition) is 9. The average Bonchev–Trinajstić information content (AvgIpc) is 2.90. The Morgan fingerprint density at radius 3 is 1.71 bits per heavy atom. The molecule has 0 saturated carbocycles. The zero-order valence-electron chi connectivity index (χ0n) is 21.0. The number of aliphatic hydroxyl groups is 1. The molecule has 0 bridgehead atoms. The molecule has 4 rings (SSSR count). The minimum Gasteiger partial charge on any atom is -0.726 e. The molecule has 9 nitrogen and oxygen atoms in total. The Bertz CT molecular complexity index is 1180.